The SMILES string of the molecule is O=C(Nc1[nH]nc2ncc(-c3ccccc3O)nc12)c1ccc(O)cc1. The van der Waals surface area contributed by atoms with Crippen molar-refractivity contribution in [1.82, 2.24) is 20.2 Å². The van der Waals surface area contributed by atoms with Gasteiger partial charge in [-0.1, -0.05) is 12.1 Å². The van der Waals surface area contributed by atoms with Crippen LogP contribution < -0.4 is 5.32 Å². The number of hydrogen-bond donors (Lipinski definition) is 4. The number of benzene rings is 2. The van der Waals surface area contributed by atoms with Gasteiger partial charge in [0.05, 0.1) is 11.9 Å². The van der Waals surface area contributed by atoms with Gasteiger partial charge in [0.1, 0.15) is 11.5 Å². The number of fused-ring (bicyclic) bond motifs is 1. The molecule has 0 atom stereocenters. The Morgan fingerprint density at radius 2 is 1.81 bits per heavy atom. The number of rotatable bonds is 3. The quantitative estimate of drug-likeness (QED) is 0.452. The second kappa shape index (κ2) is 6.17. The fourth-order valence-corrected chi connectivity index (χ4v) is 2.50. The van der Waals surface area contributed by atoms with E-state index in [0.29, 0.717) is 33.8 Å². The van der Waals surface area contributed by atoms with E-state index in [0.717, 1.165) is 0 Å². The molecule has 128 valence electrons. The normalized spacial score (nSPS) is 10.8. The minimum Gasteiger partial charge on any atom is -0.508 e. The fraction of sp³-hybridized carbons (Fsp3) is 0. The van der Waals surface area contributed by atoms with Crippen LogP contribution in [0.1, 0.15) is 10.4 Å². The molecule has 2 aromatic heterocycles. The summed E-state index contributed by atoms with van der Waals surface area (Å²) < 4.78 is 0. The molecule has 0 aliphatic heterocycles. The number of phenols is 2. The molecule has 0 radical (unpaired) electrons. The summed E-state index contributed by atoms with van der Waals surface area (Å²) in [7, 11) is 0. The second-order valence-corrected chi connectivity index (χ2v) is 5.54. The van der Waals surface area contributed by atoms with Gasteiger partial charge in [-0.25, -0.2) is 9.97 Å². The Morgan fingerprint density at radius 3 is 2.58 bits per heavy atom. The van der Waals surface area contributed by atoms with E-state index < -0.39 is 0 Å². The lowest BCUT2D eigenvalue weighted by Crippen LogP contribution is -2.12. The molecule has 26 heavy (non-hydrogen) atoms. The molecule has 0 unspecified atom stereocenters. The highest BCUT2D eigenvalue weighted by molar-refractivity contribution is 6.07. The van der Waals surface area contributed by atoms with Crippen LogP contribution in [0.15, 0.2) is 54.7 Å². The van der Waals surface area contributed by atoms with Gasteiger partial charge in [0.25, 0.3) is 5.91 Å². The summed E-state index contributed by atoms with van der Waals surface area (Å²) in [6, 6.07) is 12.6. The molecule has 0 aliphatic rings. The minimum atomic E-state index is -0.384. The van der Waals surface area contributed by atoms with E-state index in [1.165, 1.54) is 30.5 Å². The average molecular weight is 347 g/mol. The largest absolute Gasteiger partial charge is 0.508 e. The van der Waals surface area contributed by atoms with Crippen molar-refractivity contribution in [2.45, 2.75) is 0 Å². The first kappa shape index (κ1) is 15.6. The molecule has 2 heterocycles. The zero-order valence-electron chi connectivity index (χ0n) is 13.3. The lowest BCUT2D eigenvalue weighted by molar-refractivity contribution is 0.102. The number of hydrogen-bond acceptors (Lipinski definition) is 6. The summed E-state index contributed by atoms with van der Waals surface area (Å²) >= 11 is 0. The zero-order chi connectivity index (χ0) is 18.1. The predicted molar refractivity (Wildman–Crippen MR) is 94.8 cm³/mol. The predicted octanol–water partition coefficient (Wildman–Crippen LogP) is 2.68. The fourth-order valence-electron chi connectivity index (χ4n) is 2.50. The topological polar surface area (TPSA) is 124 Å². The van der Waals surface area contributed by atoms with Crippen LogP contribution in [-0.2, 0) is 0 Å². The van der Waals surface area contributed by atoms with Crippen molar-refractivity contribution in [3.8, 4) is 22.8 Å². The van der Waals surface area contributed by atoms with Crippen molar-refractivity contribution >= 4 is 22.9 Å². The number of carbonyl (C=O) groups excluding carboxylic acids is 1. The molecule has 2 aromatic carbocycles. The number of para-hydroxylation sites is 1. The van der Waals surface area contributed by atoms with E-state index in [9.17, 15) is 15.0 Å². The molecule has 8 heteroatoms. The number of amides is 1. The van der Waals surface area contributed by atoms with Gasteiger partial charge in [-0.15, -0.1) is 0 Å². The van der Waals surface area contributed by atoms with Crippen LogP contribution >= 0.6 is 0 Å². The third-order valence-electron chi connectivity index (χ3n) is 3.81. The summed E-state index contributed by atoms with van der Waals surface area (Å²) in [5.41, 5.74) is 2.06. The van der Waals surface area contributed by atoms with Gasteiger partial charge >= 0.3 is 0 Å². The molecular formula is C18H13N5O3. The van der Waals surface area contributed by atoms with Gasteiger partial charge in [0, 0.05) is 11.1 Å². The number of anilines is 1. The van der Waals surface area contributed by atoms with Gasteiger partial charge in [-0.2, -0.15) is 5.10 Å². The molecule has 8 nitrogen and oxygen atoms in total. The van der Waals surface area contributed by atoms with E-state index >= 15 is 0 Å². The Hall–Kier alpha value is -3.94. The van der Waals surface area contributed by atoms with E-state index in [-0.39, 0.29) is 17.4 Å². The second-order valence-electron chi connectivity index (χ2n) is 5.54. The van der Waals surface area contributed by atoms with Gasteiger partial charge in [0.2, 0.25) is 5.65 Å². The van der Waals surface area contributed by atoms with Crippen LogP contribution in [-0.4, -0.2) is 36.3 Å². The van der Waals surface area contributed by atoms with Crippen molar-refractivity contribution in [3.05, 3.63) is 60.3 Å². The number of aromatic amines is 1. The molecule has 0 spiro atoms. The molecule has 0 aliphatic carbocycles. The molecule has 0 saturated heterocycles. The molecule has 0 fully saturated rings. The number of phenolic OH excluding ortho intramolecular Hbond substituents is 2. The van der Waals surface area contributed by atoms with E-state index in [1.807, 2.05) is 0 Å². The Labute approximate surface area is 147 Å². The van der Waals surface area contributed by atoms with Gasteiger partial charge < -0.3 is 15.5 Å². The molecule has 1 amide bonds. The van der Waals surface area contributed by atoms with Gasteiger partial charge in [0.15, 0.2) is 11.3 Å². The number of carbonyl (C=O) groups is 1. The highest BCUT2D eigenvalue weighted by Crippen LogP contribution is 2.28. The summed E-state index contributed by atoms with van der Waals surface area (Å²) in [4.78, 5) is 21.0. The maximum atomic E-state index is 12.3. The Kier molecular flexibility index (Phi) is 3.70. The van der Waals surface area contributed by atoms with Crippen LogP contribution in [0.3, 0.4) is 0 Å². The van der Waals surface area contributed by atoms with Crippen LogP contribution in [0.4, 0.5) is 5.82 Å². The summed E-state index contributed by atoms with van der Waals surface area (Å²) in [6.07, 6.45) is 1.50. The third-order valence-corrected chi connectivity index (χ3v) is 3.81. The summed E-state index contributed by atoms with van der Waals surface area (Å²) in [6.45, 7) is 0. The van der Waals surface area contributed by atoms with Gasteiger partial charge in [-0.05, 0) is 36.4 Å². The maximum Gasteiger partial charge on any atom is 0.256 e. The van der Waals surface area contributed by atoms with Crippen molar-refractivity contribution in [2.24, 2.45) is 0 Å². The Balaban J connectivity index is 1.70. The van der Waals surface area contributed by atoms with Crippen molar-refractivity contribution in [3.63, 3.8) is 0 Å². The lowest BCUT2D eigenvalue weighted by atomic mass is 10.1. The number of H-pyrrole nitrogens is 1. The van der Waals surface area contributed by atoms with E-state index in [4.69, 9.17) is 0 Å². The molecule has 4 N–H and O–H groups in total. The summed E-state index contributed by atoms with van der Waals surface area (Å²) in [5, 5.41) is 28.7. The standard InChI is InChI=1S/C18H13N5O3/c24-11-7-5-10(6-8-11)18(26)21-17-15-16(22-23-17)19-9-13(20-15)12-3-1-2-4-14(12)25/h1-9,24-25H,(H2,19,21,22,23,26). The molecule has 0 saturated carbocycles. The van der Waals surface area contributed by atoms with E-state index in [2.05, 4.69) is 25.5 Å². The molecular weight excluding hydrogens is 334 g/mol. The lowest BCUT2D eigenvalue weighted by Gasteiger charge is -2.05. The molecule has 4 rings (SSSR count). The molecule has 0 bridgehead atoms. The average Bonchev–Trinajstić information content (AvgIpc) is 3.05. The Morgan fingerprint density at radius 1 is 1.04 bits per heavy atom. The van der Waals surface area contributed by atoms with Crippen LogP contribution in [0, 0.1) is 0 Å². The van der Waals surface area contributed by atoms with E-state index in [1.54, 1.807) is 24.3 Å². The molecule has 4 aromatic rings. The number of nitrogens with zero attached hydrogens (tertiary/aromatic N) is 3. The monoisotopic (exact) mass is 347 g/mol. The minimum absolute atomic E-state index is 0.0757. The summed E-state index contributed by atoms with van der Waals surface area (Å²) in [5.74, 6) is 0.0687. The number of nitrogens with one attached hydrogen (secondary N) is 2. The van der Waals surface area contributed by atoms with Crippen molar-refractivity contribution < 1.29 is 15.0 Å². The zero-order valence-corrected chi connectivity index (χ0v) is 13.3. The smallest absolute Gasteiger partial charge is 0.256 e. The first-order chi connectivity index (χ1) is 12.6. The van der Waals surface area contributed by atoms with Crippen LogP contribution in [0.25, 0.3) is 22.4 Å². The van der Waals surface area contributed by atoms with Gasteiger partial charge in [-0.3, -0.25) is 9.89 Å². The highest BCUT2D eigenvalue weighted by atomic mass is 16.3. The Bertz CT molecular complexity index is 1110. The first-order valence-electron chi connectivity index (χ1n) is 7.71. The maximum absolute atomic E-state index is 12.3. The number of aromatic hydroxyl groups is 2. The number of aromatic nitrogens is 4. The highest BCUT2D eigenvalue weighted by Gasteiger charge is 2.15. The third kappa shape index (κ3) is 2.80. The van der Waals surface area contributed by atoms with Crippen molar-refractivity contribution in [2.75, 3.05) is 5.32 Å². The van der Waals surface area contributed by atoms with Crippen LogP contribution in [0.5, 0.6) is 11.5 Å². The first-order valence-corrected chi connectivity index (χ1v) is 7.71. The van der Waals surface area contributed by atoms with Crippen LogP contribution in [0.2, 0.25) is 0 Å². The van der Waals surface area contributed by atoms with Crippen molar-refractivity contribution in [1.29, 1.82) is 0 Å².